The summed E-state index contributed by atoms with van der Waals surface area (Å²) in [6.07, 6.45) is 13.6. The fraction of sp³-hybridized carbons (Fsp3) is 0.333. The molecular formula is C9H10. The molecule has 0 bridgehead atoms. The van der Waals surface area contributed by atoms with Gasteiger partial charge in [0.25, 0.3) is 0 Å². The molecule has 1 aliphatic rings. The van der Waals surface area contributed by atoms with Gasteiger partial charge in [-0.3, -0.25) is 0 Å². The van der Waals surface area contributed by atoms with Crippen molar-refractivity contribution in [3.63, 3.8) is 0 Å². The third-order valence-corrected chi connectivity index (χ3v) is 1.62. The molecule has 1 atom stereocenters. The fourth-order valence-electron chi connectivity index (χ4n) is 0.893. The summed E-state index contributed by atoms with van der Waals surface area (Å²) in [6, 6.07) is 0. The molecule has 0 nitrogen and oxygen atoms in total. The first kappa shape index (κ1) is 6.16. The molecule has 1 unspecified atom stereocenters. The molecule has 1 rings (SSSR count). The highest BCUT2D eigenvalue weighted by Crippen LogP contribution is 2.17. The van der Waals surface area contributed by atoms with E-state index in [0.29, 0.717) is 11.8 Å². The minimum Gasteiger partial charge on any atom is -0.120 e. The van der Waals surface area contributed by atoms with E-state index in [2.05, 4.69) is 25.0 Å². The van der Waals surface area contributed by atoms with Crippen LogP contribution in [0.4, 0.5) is 0 Å². The zero-order valence-electron chi connectivity index (χ0n) is 5.54. The molecule has 0 radical (unpaired) electrons. The Balaban J connectivity index is 2.56. The number of terminal acetylenes is 1. The van der Waals surface area contributed by atoms with Crippen LogP contribution in [-0.2, 0) is 0 Å². The van der Waals surface area contributed by atoms with E-state index in [1.54, 1.807) is 0 Å². The van der Waals surface area contributed by atoms with Crippen molar-refractivity contribution in [3.8, 4) is 12.3 Å². The van der Waals surface area contributed by atoms with E-state index in [9.17, 15) is 0 Å². The van der Waals surface area contributed by atoms with Crippen molar-refractivity contribution < 1.29 is 0 Å². The van der Waals surface area contributed by atoms with Gasteiger partial charge in [-0.1, -0.05) is 31.2 Å². The van der Waals surface area contributed by atoms with Gasteiger partial charge in [0.05, 0.1) is 0 Å². The number of hydrogen-bond donors (Lipinski definition) is 0. The van der Waals surface area contributed by atoms with Crippen LogP contribution in [0.5, 0.6) is 0 Å². The molecule has 0 aromatic rings. The minimum atomic E-state index is 0.347. The Morgan fingerprint density at radius 2 is 2.00 bits per heavy atom. The van der Waals surface area contributed by atoms with Gasteiger partial charge in [0.2, 0.25) is 0 Å². The van der Waals surface area contributed by atoms with Gasteiger partial charge in [0.1, 0.15) is 0 Å². The van der Waals surface area contributed by atoms with Gasteiger partial charge >= 0.3 is 0 Å². The van der Waals surface area contributed by atoms with Crippen LogP contribution in [0.25, 0.3) is 0 Å². The van der Waals surface area contributed by atoms with Crippen LogP contribution >= 0.6 is 0 Å². The van der Waals surface area contributed by atoms with Gasteiger partial charge in [-0.15, -0.1) is 12.3 Å². The molecule has 0 saturated carbocycles. The highest BCUT2D eigenvalue weighted by molar-refractivity contribution is 5.21. The second-order valence-electron chi connectivity index (χ2n) is 2.30. The molecule has 0 heterocycles. The summed E-state index contributed by atoms with van der Waals surface area (Å²) in [6.45, 7) is 2.06. The zero-order chi connectivity index (χ0) is 6.69. The van der Waals surface area contributed by atoms with Gasteiger partial charge in [0, 0.05) is 11.8 Å². The van der Waals surface area contributed by atoms with Gasteiger partial charge < -0.3 is 0 Å². The molecule has 0 fully saturated rings. The van der Waals surface area contributed by atoms with Crippen molar-refractivity contribution in [2.45, 2.75) is 6.92 Å². The summed E-state index contributed by atoms with van der Waals surface area (Å²) in [5.41, 5.74) is 0. The zero-order valence-corrected chi connectivity index (χ0v) is 5.54. The summed E-state index contributed by atoms with van der Waals surface area (Å²) in [4.78, 5) is 0. The Labute approximate surface area is 56.3 Å². The predicted molar refractivity (Wildman–Crippen MR) is 39.8 cm³/mol. The average Bonchev–Trinajstić information content (AvgIpc) is 2.37. The van der Waals surface area contributed by atoms with Gasteiger partial charge in [-0.05, 0) is 0 Å². The number of allylic oxidation sites excluding steroid dienone is 4. The molecule has 46 valence electrons. The summed E-state index contributed by atoms with van der Waals surface area (Å²) in [5, 5.41) is 0. The minimum absolute atomic E-state index is 0.347. The Morgan fingerprint density at radius 3 is 2.44 bits per heavy atom. The van der Waals surface area contributed by atoms with Crippen LogP contribution in [0.3, 0.4) is 0 Å². The van der Waals surface area contributed by atoms with E-state index in [4.69, 9.17) is 6.42 Å². The third-order valence-electron chi connectivity index (χ3n) is 1.62. The Bertz CT molecular complexity index is 167. The van der Waals surface area contributed by atoms with Gasteiger partial charge in [-0.2, -0.15) is 0 Å². The first-order valence-corrected chi connectivity index (χ1v) is 3.15. The molecule has 0 N–H and O–H groups in total. The maximum absolute atomic E-state index is 5.23. The van der Waals surface area contributed by atoms with Crippen molar-refractivity contribution in [2.24, 2.45) is 11.8 Å². The van der Waals surface area contributed by atoms with Crippen LogP contribution in [0, 0.1) is 24.2 Å². The maximum Gasteiger partial charge on any atom is 0.0269 e. The SMILES string of the molecule is C#CC(C)C1C=CC=C1. The van der Waals surface area contributed by atoms with Crippen LogP contribution in [0.1, 0.15) is 6.92 Å². The average molecular weight is 118 g/mol. The van der Waals surface area contributed by atoms with Crippen molar-refractivity contribution in [2.75, 3.05) is 0 Å². The lowest BCUT2D eigenvalue weighted by Gasteiger charge is -2.06. The molecular weight excluding hydrogens is 108 g/mol. The molecule has 0 spiro atoms. The Hall–Kier alpha value is -0.960. The number of hydrogen-bond acceptors (Lipinski definition) is 0. The quantitative estimate of drug-likeness (QED) is 0.462. The summed E-state index contributed by atoms with van der Waals surface area (Å²) < 4.78 is 0. The summed E-state index contributed by atoms with van der Waals surface area (Å²) in [7, 11) is 0. The predicted octanol–water partition coefficient (Wildman–Crippen LogP) is 2.00. The summed E-state index contributed by atoms with van der Waals surface area (Å²) in [5.74, 6) is 3.53. The lowest BCUT2D eigenvalue weighted by atomic mass is 9.97. The smallest absolute Gasteiger partial charge is 0.0269 e. The molecule has 0 aromatic carbocycles. The van der Waals surface area contributed by atoms with E-state index in [0.717, 1.165) is 0 Å². The lowest BCUT2D eigenvalue weighted by molar-refractivity contribution is 0.640. The van der Waals surface area contributed by atoms with Gasteiger partial charge in [0.15, 0.2) is 0 Å². The Morgan fingerprint density at radius 1 is 1.44 bits per heavy atom. The number of rotatable bonds is 1. The second-order valence-corrected chi connectivity index (χ2v) is 2.30. The largest absolute Gasteiger partial charge is 0.120 e. The van der Waals surface area contributed by atoms with Crippen LogP contribution in [-0.4, -0.2) is 0 Å². The normalized spacial score (nSPS) is 20.0. The van der Waals surface area contributed by atoms with Crippen molar-refractivity contribution in [1.82, 2.24) is 0 Å². The third kappa shape index (κ3) is 1.23. The first-order valence-electron chi connectivity index (χ1n) is 3.15. The van der Waals surface area contributed by atoms with E-state index in [1.165, 1.54) is 0 Å². The second kappa shape index (κ2) is 2.55. The highest BCUT2D eigenvalue weighted by Gasteiger charge is 2.09. The fourth-order valence-corrected chi connectivity index (χ4v) is 0.893. The standard InChI is InChI=1S/C9H10/c1-3-8(2)9-6-4-5-7-9/h1,4-9H,2H3. The molecule has 0 aromatic heterocycles. The first-order chi connectivity index (χ1) is 4.34. The van der Waals surface area contributed by atoms with Crippen molar-refractivity contribution in [1.29, 1.82) is 0 Å². The van der Waals surface area contributed by atoms with E-state index in [-0.39, 0.29) is 0 Å². The molecule has 1 aliphatic carbocycles. The van der Waals surface area contributed by atoms with Crippen LogP contribution in [0.2, 0.25) is 0 Å². The Kier molecular flexibility index (Phi) is 1.75. The molecule has 0 heteroatoms. The monoisotopic (exact) mass is 118 g/mol. The molecule has 0 saturated heterocycles. The highest BCUT2D eigenvalue weighted by atomic mass is 14.1. The van der Waals surface area contributed by atoms with Gasteiger partial charge in [-0.25, -0.2) is 0 Å². The lowest BCUT2D eigenvalue weighted by Crippen LogP contribution is -2.00. The topological polar surface area (TPSA) is 0 Å². The molecule has 0 amide bonds. The van der Waals surface area contributed by atoms with Crippen LogP contribution < -0.4 is 0 Å². The van der Waals surface area contributed by atoms with E-state index < -0.39 is 0 Å². The van der Waals surface area contributed by atoms with Crippen molar-refractivity contribution in [3.05, 3.63) is 24.3 Å². The molecule has 9 heavy (non-hydrogen) atoms. The van der Waals surface area contributed by atoms with Crippen LogP contribution in [0.15, 0.2) is 24.3 Å². The maximum atomic E-state index is 5.23. The van der Waals surface area contributed by atoms with E-state index >= 15 is 0 Å². The summed E-state index contributed by atoms with van der Waals surface area (Å²) >= 11 is 0. The van der Waals surface area contributed by atoms with Crippen molar-refractivity contribution >= 4 is 0 Å². The molecule has 0 aliphatic heterocycles. The van der Waals surface area contributed by atoms with E-state index in [1.807, 2.05) is 12.2 Å².